The van der Waals surface area contributed by atoms with Gasteiger partial charge in [-0.1, -0.05) is 18.3 Å². The van der Waals surface area contributed by atoms with Gasteiger partial charge < -0.3 is 10.5 Å². The topological polar surface area (TPSA) is 72.6 Å². The molecule has 0 radical (unpaired) electrons. The Morgan fingerprint density at radius 2 is 2.24 bits per heavy atom. The van der Waals surface area contributed by atoms with Gasteiger partial charge in [-0.25, -0.2) is 8.42 Å². The van der Waals surface area contributed by atoms with Crippen LogP contribution in [0.5, 0.6) is 5.75 Å². The van der Waals surface area contributed by atoms with E-state index in [1.807, 2.05) is 25.1 Å². The van der Waals surface area contributed by atoms with Crippen LogP contribution in [0.15, 0.2) is 18.2 Å². The minimum Gasteiger partial charge on any atom is -0.496 e. The molecular weight excluding hydrogens is 308 g/mol. The lowest BCUT2D eigenvalue weighted by atomic mass is 10.1. The highest BCUT2D eigenvalue weighted by Gasteiger charge is 2.28. The number of nitrogens with zero attached hydrogens (tertiary/aromatic N) is 1. The van der Waals surface area contributed by atoms with E-state index in [0.717, 1.165) is 5.56 Å². The summed E-state index contributed by atoms with van der Waals surface area (Å²) in [5, 5.41) is 0. The third-order valence-electron chi connectivity index (χ3n) is 3.73. The van der Waals surface area contributed by atoms with Crippen LogP contribution in [0.4, 0.5) is 0 Å². The summed E-state index contributed by atoms with van der Waals surface area (Å²) in [6, 6.07) is 5.73. The largest absolute Gasteiger partial charge is 0.496 e. The predicted molar refractivity (Wildman–Crippen MR) is 87.4 cm³/mol. The van der Waals surface area contributed by atoms with Crippen molar-refractivity contribution in [3.63, 3.8) is 0 Å². The molecule has 0 bridgehead atoms. The maximum atomic E-state index is 11.6. The van der Waals surface area contributed by atoms with E-state index in [9.17, 15) is 8.42 Å². The molecule has 1 saturated heterocycles. The van der Waals surface area contributed by atoms with E-state index in [-0.39, 0.29) is 17.5 Å². The van der Waals surface area contributed by atoms with E-state index in [0.29, 0.717) is 29.4 Å². The van der Waals surface area contributed by atoms with Crippen LogP contribution in [0, 0.1) is 0 Å². The van der Waals surface area contributed by atoms with E-state index in [1.54, 1.807) is 7.11 Å². The first-order valence-electron chi connectivity index (χ1n) is 6.73. The molecule has 1 fully saturated rings. The molecule has 0 saturated carbocycles. The minimum absolute atomic E-state index is 0.0185. The van der Waals surface area contributed by atoms with Crippen LogP contribution in [0.2, 0.25) is 0 Å². The van der Waals surface area contributed by atoms with Crippen LogP contribution < -0.4 is 10.5 Å². The van der Waals surface area contributed by atoms with Gasteiger partial charge in [-0.3, -0.25) is 4.90 Å². The Hall–Kier alpha value is -1.18. The van der Waals surface area contributed by atoms with E-state index >= 15 is 0 Å². The molecule has 1 aromatic carbocycles. The number of benzene rings is 1. The van der Waals surface area contributed by atoms with Crippen molar-refractivity contribution < 1.29 is 13.2 Å². The Balaban J connectivity index is 2.15. The van der Waals surface area contributed by atoms with Crippen LogP contribution in [0.25, 0.3) is 0 Å². The van der Waals surface area contributed by atoms with Gasteiger partial charge >= 0.3 is 0 Å². The molecule has 5 nitrogen and oxygen atoms in total. The Morgan fingerprint density at radius 1 is 1.52 bits per heavy atom. The second-order valence-corrected chi connectivity index (χ2v) is 8.00. The maximum absolute atomic E-state index is 11.6. The highest BCUT2D eigenvalue weighted by Crippen LogP contribution is 2.22. The summed E-state index contributed by atoms with van der Waals surface area (Å²) in [5.74, 6) is 1.09. The van der Waals surface area contributed by atoms with Gasteiger partial charge in [0, 0.05) is 19.1 Å². The maximum Gasteiger partial charge on any atom is 0.153 e. The molecule has 0 aromatic heterocycles. The van der Waals surface area contributed by atoms with Crippen molar-refractivity contribution >= 4 is 27.0 Å². The highest BCUT2D eigenvalue weighted by molar-refractivity contribution is 7.91. The number of nitrogens with two attached hydrogens (primary N) is 1. The molecule has 21 heavy (non-hydrogen) atoms. The second-order valence-electron chi connectivity index (χ2n) is 5.33. The Morgan fingerprint density at radius 3 is 2.81 bits per heavy atom. The van der Waals surface area contributed by atoms with Crippen molar-refractivity contribution in [1.82, 2.24) is 4.90 Å². The fourth-order valence-corrected chi connectivity index (χ4v) is 4.33. The molecule has 2 N–H and O–H groups in total. The van der Waals surface area contributed by atoms with Gasteiger partial charge in [0.2, 0.25) is 0 Å². The van der Waals surface area contributed by atoms with Crippen molar-refractivity contribution in [1.29, 1.82) is 0 Å². The quantitative estimate of drug-likeness (QED) is 0.830. The summed E-state index contributed by atoms with van der Waals surface area (Å²) in [6.07, 6.45) is 0. The zero-order valence-corrected chi connectivity index (χ0v) is 13.8. The molecule has 116 valence electrons. The molecule has 0 aliphatic carbocycles. The third kappa shape index (κ3) is 3.93. The predicted octanol–water partition coefficient (Wildman–Crippen LogP) is 0.948. The average Bonchev–Trinajstić information content (AvgIpc) is 2.41. The lowest BCUT2D eigenvalue weighted by Gasteiger charge is -2.33. The number of methoxy groups -OCH3 is 1. The van der Waals surface area contributed by atoms with Crippen LogP contribution in [0.1, 0.15) is 18.1 Å². The van der Waals surface area contributed by atoms with Crippen molar-refractivity contribution in [3.05, 3.63) is 29.3 Å². The summed E-state index contributed by atoms with van der Waals surface area (Å²) < 4.78 is 28.5. The summed E-state index contributed by atoms with van der Waals surface area (Å²) >= 11 is 4.99. The van der Waals surface area contributed by atoms with Crippen LogP contribution in [-0.4, -0.2) is 49.5 Å². The number of rotatable bonds is 4. The molecule has 1 unspecified atom stereocenters. The van der Waals surface area contributed by atoms with Gasteiger partial charge in [-0.2, -0.15) is 0 Å². The fraction of sp³-hybridized carbons (Fsp3) is 0.500. The van der Waals surface area contributed by atoms with Gasteiger partial charge in [0.25, 0.3) is 0 Å². The van der Waals surface area contributed by atoms with Gasteiger partial charge in [-0.05, 0) is 24.6 Å². The van der Waals surface area contributed by atoms with Gasteiger partial charge in [0.15, 0.2) is 9.84 Å². The molecule has 2 rings (SSSR count). The van der Waals surface area contributed by atoms with E-state index in [1.165, 1.54) is 0 Å². The molecule has 1 heterocycles. The second kappa shape index (κ2) is 6.29. The van der Waals surface area contributed by atoms with Crippen molar-refractivity contribution in [3.8, 4) is 5.75 Å². The molecule has 1 atom stereocenters. The Bertz CT molecular complexity index is 644. The van der Waals surface area contributed by atoms with Crippen molar-refractivity contribution in [2.75, 3.05) is 25.2 Å². The molecule has 1 aliphatic heterocycles. The number of sulfone groups is 1. The first-order valence-corrected chi connectivity index (χ1v) is 8.96. The minimum atomic E-state index is -2.89. The number of hydrogen-bond donors (Lipinski definition) is 1. The molecule has 1 aliphatic rings. The van der Waals surface area contributed by atoms with E-state index in [2.05, 4.69) is 4.90 Å². The molecule has 1 aromatic rings. The Kier molecular flexibility index (Phi) is 4.85. The first-order chi connectivity index (χ1) is 9.82. The number of ether oxygens (including phenoxy) is 1. The van der Waals surface area contributed by atoms with Crippen LogP contribution >= 0.6 is 12.2 Å². The molecule has 0 amide bonds. The van der Waals surface area contributed by atoms with E-state index < -0.39 is 9.84 Å². The number of thiocarbonyl (C=S) groups is 1. The standard InChI is InChI=1S/C14H20N2O3S2/c1-10-9-21(17,18)6-5-16(10)8-11-3-4-12(14(15)20)13(7-11)19-2/h3-4,7,10H,5-6,8-9H2,1-2H3,(H2,15,20). The summed E-state index contributed by atoms with van der Waals surface area (Å²) in [5.41, 5.74) is 7.42. The SMILES string of the molecule is COc1cc(CN2CCS(=O)(=O)CC2C)ccc1C(N)=S. The fourth-order valence-electron chi connectivity index (χ4n) is 2.54. The van der Waals surface area contributed by atoms with Crippen molar-refractivity contribution in [2.45, 2.75) is 19.5 Å². The monoisotopic (exact) mass is 328 g/mol. The molecule has 0 spiro atoms. The van der Waals surface area contributed by atoms with E-state index in [4.69, 9.17) is 22.7 Å². The molecular formula is C14H20N2O3S2. The smallest absolute Gasteiger partial charge is 0.153 e. The average molecular weight is 328 g/mol. The highest BCUT2D eigenvalue weighted by atomic mass is 32.2. The third-order valence-corrected chi connectivity index (χ3v) is 5.74. The zero-order valence-electron chi connectivity index (χ0n) is 12.2. The lowest BCUT2D eigenvalue weighted by molar-refractivity contribution is 0.218. The van der Waals surface area contributed by atoms with Gasteiger partial charge in [0.05, 0.1) is 24.2 Å². The number of hydrogen-bond acceptors (Lipinski definition) is 5. The summed E-state index contributed by atoms with van der Waals surface area (Å²) in [7, 11) is -1.31. The first kappa shape index (κ1) is 16.2. The summed E-state index contributed by atoms with van der Waals surface area (Å²) in [4.78, 5) is 2.46. The Labute approximate surface area is 131 Å². The normalized spacial score (nSPS) is 21.9. The van der Waals surface area contributed by atoms with Gasteiger partial charge in [0.1, 0.15) is 10.7 Å². The van der Waals surface area contributed by atoms with Crippen molar-refractivity contribution in [2.24, 2.45) is 5.73 Å². The van der Waals surface area contributed by atoms with Crippen LogP contribution in [0.3, 0.4) is 0 Å². The molecule has 7 heteroatoms. The summed E-state index contributed by atoms with van der Waals surface area (Å²) in [6.45, 7) is 3.19. The zero-order chi connectivity index (χ0) is 15.6. The lowest BCUT2D eigenvalue weighted by Crippen LogP contribution is -2.46. The van der Waals surface area contributed by atoms with Gasteiger partial charge in [-0.15, -0.1) is 0 Å². The van der Waals surface area contributed by atoms with Crippen LogP contribution in [-0.2, 0) is 16.4 Å².